The summed E-state index contributed by atoms with van der Waals surface area (Å²) >= 11 is 0. The first kappa shape index (κ1) is 8.64. The van der Waals surface area contributed by atoms with Crippen LogP contribution in [0.3, 0.4) is 0 Å². The number of hydrogen-bond acceptors (Lipinski definition) is 3. The summed E-state index contributed by atoms with van der Waals surface area (Å²) in [5.41, 5.74) is 1.39. The molecule has 0 aliphatic rings. The number of aromatic nitrogens is 2. The molecular formula is C8H11N3O. The minimum Gasteiger partial charge on any atom is -0.355 e. The number of hydrogen-bond donors (Lipinski definition) is 1. The predicted octanol–water partition coefficient (Wildman–Crippen LogP) is 0.399. The second-order valence-electron chi connectivity index (χ2n) is 2.37. The van der Waals surface area contributed by atoms with Gasteiger partial charge in [-0.2, -0.15) is 10.2 Å². The second-order valence-corrected chi connectivity index (χ2v) is 2.37. The molecule has 0 saturated heterocycles. The van der Waals surface area contributed by atoms with Gasteiger partial charge >= 0.3 is 0 Å². The Kier molecular flexibility index (Phi) is 2.74. The Hall–Kier alpha value is -1.45. The Balaban J connectivity index is 2.93. The Bertz CT molecular complexity index is 285. The van der Waals surface area contributed by atoms with Crippen molar-refractivity contribution in [3.63, 3.8) is 0 Å². The van der Waals surface area contributed by atoms with Gasteiger partial charge in [0.15, 0.2) is 0 Å². The molecule has 1 aromatic heterocycles. The standard InChI is InChI=1S/C8H11N3O/c1-3-7-4-6(5-10-11-7)8(12)9-2/h4-5H,3H2,1-2H3,(H,9,12). The van der Waals surface area contributed by atoms with Gasteiger partial charge in [-0.1, -0.05) is 6.92 Å². The van der Waals surface area contributed by atoms with Crippen molar-refractivity contribution in [2.24, 2.45) is 0 Å². The quantitative estimate of drug-likeness (QED) is 0.690. The van der Waals surface area contributed by atoms with Crippen LogP contribution in [0.5, 0.6) is 0 Å². The zero-order chi connectivity index (χ0) is 8.97. The van der Waals surface area contributed by atoms with Gasteiger partial charge in [0.2, 0.25) is 0 Å². The van der Waals surface area contributed by atoms with E-state index in [1.807, 2.05) is 6.92 Å². The van der Waals surface area contributed by atoms with Crippen LogP contribution in [0.25, 0.3) is 0 Å². The molecule has 0 saturated carbocycles. The topological polar surface area (TPSA) is 54.9 Å². The first-order chi connectivity index (χ1) is 5.77. The van der Waals surface area contributed by atoms with Gasteiger partial charge < -0.3 is 5.32 Å². The van der Waals surface area contributed by atoms with Crippen LogP contribution >= 0.6 is 0 Å². The highest BCUT2D eigenvalue weighted by molar-refractivity contribution is 5.93. The number of amides is 1. The van der Waals surface area contributed by atoms with Gasteiger partial charge in [0.05, 0.1) is 17.5 Å². The molecule has 0 aliphatic heterocycles. The molecule has 0 aliphatic carbocycles. The fourth-order valence-electron chi connectivity index (χ4n) is 0.852. The van der Waals surface area contributed by atoms with Crippen LogP contribution < -0.4 is 5.32 Å². The molecule has 64 valence electrons. The zero-order valence-electron chi connectivity index (χ0n) is 7.16. The van der Waals surface area contributed by atoms with Crippen molar-refractivity contribution in [2.45, 2.75) is 13.3 Å². The molecule has 0 bridgehead atoms. The third-order valence-electron chi connectivity index (χ3n) is 1.56. The fourth-order valence-corrected chi connectivity index (χ4v) is 0.852. The zero-order valence-corrected chi connectivity index (χ0v) is 7.16. The van der Waals surface area contributed by atoms with E-state index in [0.29, 0.717) is 5.56 Å². The predicted molar refractivity (Wildman–Crippen MR) is 44.8 cm³/mol. The van der Waals surface area contributed by atoms with Gasteiger partial charge in [-0.25, -0.2) is 0 Å². The number of carbonyl (C=O) groups excluding carboxylic acids is 1. The Morgan fingerprint density at radius 3 is 3.00 bits per heavy atom. The Morgan fingerprint density at radius 1 is 1.67 bits per heavy atom. The molecule has 4 heteroatoms. The number of aryl methyl sites for hydroxylation is 1. The average molecular weight is 165 g/mol. The van der Waals surface area contributed by atoms with E-state index >= 15 is 0 Å². The molecule has 4 nitrogen and oxygen atoms in total. The van der Waals surface area contributed by atoms with Gasteiger partial charge in [-0.05, 0) is 12.5 Å². The molecule has 0 spiro atoms. The summed E-state index contributed by atoms with van der Waals surface area (Å²) in [6.07, 6.45) is 2.25. The number of nitrogens with zero attached hydrogens (tertiary/aromatic N) is 2. The van der Waals surface area contributed by atoms with E-state index in [4.69, 9.17) is 0 Å². The Labute approximate surface area is 71.0 Å². The molecule has 1 N–H and O–H groups in total. The highest BCUT2D eigenvalue weighted by Crippen LogP contribution is 1.99. The maximum atomic E-state index is 11.1. The number of carbonyl (C=O) groups is 1. The minimum atomic E-state index is -0.125. The third-order valence-corrected chi connectivity index (χ3v) is 1.56. The average Bonchev–Trinajstić information content (AvgIpc) is 2.17. The largest absolute Gasteiger partial charge is 0.355 e. The van der Waals surface area contributed by atoms with Crippen molar-refractivity contribution >= 4 is 5.91 Å². The smallest absolute Gasteiger partial charge is 0.252 e. The summed E-state index contributed by atoms with van der Waals surface area (Å²) in [5, 5.41) is 10.1. The van der Waals surface area contributed by atoms with Gasteiger partial charge in [0, 0.05) is 7.05 Å². The fraction of sp³-hybridized carbons (Fsp3) is 0.375. The summed E-state index contributed by atoms with van der Waals surface area (Å²) in [6.45, 7) is 1.97. The van der Waals surface area contributed by atoms with Crippen LogP contribution in [0.4, 0.5) is 0 Å². The molecule has 12 heavy (non-hydrogen) atoms. The van der Waals surface area contributed by atoms with Crippen LogP contribution in [-0.2, 0) is 6.42 Å². The highest BCUT2D eigenvalue weighted by Gasteiger charge is 2.03. The normalized spacial score (nSPS) is 9.50. The van der Waals surface area contributed by atoms with E-state index in [-0.39, 0.29) is 5.91 Å². The van der Waals surface area contributed by atoms with Crippen molar-refractivity contribution in [3.05, 3.63) is 23.5 Å². The van der Waals surface area contributed by atoms with Crippen molar-refractivity contribution in [1.29, 1.82) is 0 Å². The first-order valence-electron chi connectivity index (χ1n) is 3.81. The first-order valence-corrected chi connectivity index (χ1v) is 3.81. The van der Waals surface area contributed by atoms with E-state index in [1.165, 1.54) is 6.20 Å². The molecular weight excluding hydrogens is 154 g/mol. The molecule has 0 aromatic carbocycles. The molecule has 1 amide bonds. The van der Waals surface area contributed by atoms with Crippen molar-refractivity contribution in [1.82, 2.24) is 15.5 Å². The van der Waals surface area contributed by atoms with E-state index in [9.17, 15) is 4.79 Å². The van der Waals surface area contributed by atoms with Crippen LogP contribution in [-0.4, -0.2) is 23.2 Å². The Morgan fingerprint density at radius 2 is 2.42 bits per heavy atom. The maximum absolute atomic E-state index is 11.1. The van der Waals surface area contributed by atoms with Gasteiger partial charge in [0.1, 0.15) is 0 Å². The second kappa shape index (κ2) is 3.80. The monoisotopic (exact) mass is 165 g/mol. The third kappa shape index (κ3) is 1.78. The van der Waals surface area contributed by atoms with Crippen molar-refractivity contribution < 1.29 is 4.79 Å². The van der Waals surface area contributed by atoms with E-state index in [1.54, 1.807) is 13.1 Å². The number of rotatable bonds is 2. The highest BCUT2D eigenvalue weighted by atomic mass is 16.1. The lowest BCUT2D eigenvalue weighted by molar-refractivity contribution is 0.0962. The summed E-state index contributed by atoms with van der Waals surface area (Å²) < 4.78 is 0. The molecule has 0 radical (unpaired) electrons. The summed E-state index contributed by atoms with van der Waals surface area (Å²) in [6, 6.07) is 1.74. The molecule has 1 rings (SSSR count). The van der Waals surface area contributed by atoms with E-state index in [2.05, 4.69) is 15.5 Å². The molecule has 0 unspecified atom stereocenters. The summed E-state index contributed by atoms with van der Waals surface area (Å²) in [7, 11) is 1.59. The lowest BCUT2D eigenvalue weighted by Gasteiger charge is -1.99. The van der Waals surface area contributed by atoms with Gasteiger partial charge in [0.25, 0.3) is 5.91 Å². The summed E-state index contributed by atoms with van der Waals surface area (Å²) in [5.74, 6) is -0.125. The lowest BCUT2D eigenvalue weighted by Crippen LogP contribution is -2.18. The van der Waals surface area contributed by atoms with Gasteiger partial charge in [-0.15, -0.1) is 0 Å². The van der Waals surface area contributed by atoms with Gasteiger partial charge in [-0.3, -0.25) is 4.79 Å². The molecule has 0 fully saturated rings. The van der Waals surface area contributed by atoms with Crippen LogP contribution in [0.15, 0.2) is 12.3 Å². The van der Waals surface area contributed by atoms with Crippen LogP contribution in [0, 0.1) is 0 Å². The molecule has 0 atom stereocenters. The van der Waals surface area contributed by atoms with Crippen molar-refractivity contribution in [2.75, 3.05) is 7.05 Å². The van der Waals surface area contributed by atoms with E-state index < -0.39 is 0 Å². The maximum Gasteiger partial charge on any atom is 0.252 e. The summed E-state index contributed by atoms with van der Waals surface area (Å²) in [4.78, 5) is 11.1. The SMILES string of the molecule is CCc1cc(C(=O)NC)cnn1. The molecule has 1 heterocycles. The minimum absolute atomic E-state index is 0.125. The van der Waals surface area contributed by atoms with E-state index in [0.717, 1.165) is 12.1 Å². The lowest BCUT2D eigenvalue weighted by atomic mass is 10.2. The van der Waals surface area contributed by atoms with Crippen molar-refractivity contribution in [3.8, 4) is 0 Å². The van der Waals surface area contributed by atoms with Crippen LogP contribution in [0.2, 0.25) is 0 Å². The molecule has 1 aromatic rings. The van der Waals surface area contributed by atoms with Crippen LogP contribution in [0.1, 0.15) is 23.0 Å². The number of nitrogens with one attached hydrogen (secondary N) is 1.